The van der Waals surface area contributed by atoms with Crippen molar-refractivity contribution in [3.63, 3.8) is 0 Å². The number of hydrogen-bond donors (Lipinski definition) is 1. The third-order valence-electron chi connectivity index (χ3n) is 5.35. The number of hydrogen-bond acceptors (Lipinski definition) is 5. The van der Waals surface area contributed by atoms with Crippen molar-refractivity contribution in [2.75, 3.05) is 0 Å². The molecule has 1 aliphatic heterocycles. The summed E-state index contributed by atoms with van der Waals surface area (Å²) in [7, 11) is -2.02. The van der Waals surface area contributed by atoms with Crippen LogP contribution in [-0.2, 0) is 18.7 Å². The second-order valence-corrected chi connectivity index (χ2v) is 12.9. The molecular formula is C16H30O5Si. The number of aliphatic hydroxyl groups is 1. The average Bonchev–Trinajstić information content (AvgIpc) is 2.63. The first kappa shape index (κ1) is 17.9. The fourth-order valence-electron chi connectivity index (χ4n) is 3.32. The summed E-state index contributed by atoms with van der Waals surface area (Å²) in [5.74, 6) is -0.307. The lowest BCUT2D eigenvalue weighted by molar-refractivity contribution is -0.182. The van der Waals surface area contributed by atoms with Crippen LogP contribution in [0.25, 0.3) is 0 Å². The standard InChI is InChI=1S/C16H30O5Si/c1-11(17)19-12-8-7-9-16(10-13(18)20-14(12)16)21-22(5,6)15(2,3)4/h12-14,18H,7-10H2,1-6H3/t12-,13?,14-,16+/m0/s1. The third-order valence-corrected chi connectivity index (χ3v) is 9.88. The normalized spacial score (nSPS) is 36.0. The molecular weight excluding hydrogens is 300 g/mol. The van der Waals surface area contributed by atoms with Crippen LogP contribution in [0.5, 0.6) is 0 Å². The van der Waals surface area contributed by atoms with Crippen molar-refractivity contribution in [2.24, 2.45) is 0 Å². The van der Waals surface area contributed by atoms with Gasteiger partial charge in [0.15, 0.2) is 14.6 Å². The van der Waals surface area contributed by atoms with Gasteiger partial charge in [0, 0.05) is 13.3 Å². The van der Waals surface area contributed by atoms with Crippen LogP contribution in [-0.4, -0.2) is 43.5 Å². The number of carbonyl (C=O) groups is 1. The fourth-order valence-corrected chi connectivity index (χ4v) is 4.95. The van der Waals surface area contributed by atoms with Crippen LogP contribution in [0.1, 0.15) is 53.4 Å². The highest BCUT2D eigenvalue weighted by molar-refractivity contribution is 6.74. The Bertz CT molecular complexity index is 431. The SMILES string of the molecule is CC(=O)O[C@H]1CCC[C@@]2(O[Si](C)(C)C(C)(C)C)CC(O)O[C@@H]12. The van der Waals surface area contributed by atoms with Crippen LogP contribution in [0, 0.1) is 0 Å². The molecule has 2 aliphatic rings. The Morgan fingerprint density at radius 1 is 1.36 bits per heavy atom. The van der Waals surface area contributed by atoms with E-state index in [2.05, 4.69) is 33.9 Å². The molecule has 2 fully saturated rings. The van der Waals surface area contributed by atoms with Gasteiger partial charge in [-0.2, -0.15) is 0 Å². The van der Waals surface area contributed by atoms with Crippen LogP contribution in [0.2, 0.25) is 18.1 Å². The van der Waals surface area contributed by atoms with E-state index in [-0.39, 0.29) is 23.2 Å². The Morgan fingerprint density at radius 2 is 2.00 bits per heavy atom. The average molecular weight is 330 g/mol. The van der Waals surface area contributed by atoms with Gasteiger partial charge in [-0.3, -0.25) is 4.79 Å². The van der Waals surface area contributed by atoms with Crippen LogP contribution in [0.4, 0.5) is 0 Å². The molecule has 0 bridgehead atoms. The van der Waals surface area contributed by atoms with E-state index < -0.39 is 20.2 Å². The summed E-state index contributed by atoms with van der Waals surface area (Å²) in [6, 6.07) is 0. The predicted octanol–water partition coefficient (Wildman–Crippen LogP) is 2.97. The lowest BCUT2D eigenvalue weighted by Gasteiger charge is -2.49. The van der Waals surface area contributed by atoms with Crippen LogP contribution in [0.3, 0.4) is 0 Å². The van der Waals surface area contributed by atoms with Crippen LogP contribution in [0.15, 0.2) is 0 Å². The second-order valence-electron chi connectivity index (χ2n) is 8.18. The molecule has 1 aliphatic carbocycles. The lowest BCUT2D eigenvalue weighted by Crippen LogP contribution is -2.58. The van der Waals surface area contributed by atoms with E-state index in [1.54, 1.807) is 0 Å². The van der Waals surface area contributed by atoms with E-state index in [1.807, 2.05) is 0 Å². The van der Waals surface area contributed by atoms with Gasteiger partial charge in [-0.15, -0.1) is 0 Å². The topological polar surface area (TPSA) is 65.0 Å². The molecule has 1 saturated carbocycles. The molecule has 0 spiro atoms. The maximum Gasteiger partial charge on any atom is 0.302 e. The van der Waals surface area contributed by atoms with E-state index in [0.29, 0.717) is 6.42 Å². The van der Waals surface area contributed by atoms with E-state index in [9.17, 15) is 9.90 Å². The molecule has 0 aromatic carbocycles. The summed E-state index contributed by atoms with van der Waals surface area (Å²) in [4.78, 5) is 11.4. The van der Waals surface area contributed by atoms with Crippen molar-refractivity contribution in [2.45, 2.75) is 95.6 Å². The van der Waals surface area contributed by atoms with Crippen LogP contribution < -0.4 is 0 Å². The molecule has 1 saturated heterocycles. The Balaban J connectivity index is 2.27. The minimum atomic E-state index is -2.02. The summed E-state index contributed by atoms with van der Waals surface area (Å²) in [6.07, 6.45) is 1.45. The quantitative estimate of drug-likeness (QED) is 0.636. The molecule has 22 heavy (non-hydrogen) atoms. The molecule has 128 valence electrons. The molecule has 0 aromatic heterocycles. The molecule has 6 heteroatoms. The summed E-state index contributed by atoms with van der Waals surface area (Å²) >= 11 is 0. The Hall–Kier alpha value is -0.433. The summed E-state index contributed by atoms with van der Waals surface area (Å²) in [6.45, 7) is 12.4. The van der Waals surface area contributed by atoms with Gasteiger partial charge in [0.1, 0.15) is 12.2 Å². The van der Waals surface area contributed by atoms with Gasteiger partial charge in [-0.25, -0.2) is 0 Å². The van der Waals surface area contributed by atoms with E-state index in [1.165, 1.54) is 6.92 Å². The zero-order valence-corrected chi connectivity index (χ0v) is 15.6. The predicted molar refractivity (Wildman–Crippen MR) is 85.9 cm³/mol. The van der Waals surface area contributed by atoms with Crippen molar-refractivity contribution >= 4 is 14.3 Å². The highest BCUT2D eigenvalue weighted by atomic mass is 28.4. The van der Waals surface area contributed by atoms with Gasteiger partial charge in [0.25, 0.3) is 0 Å². The molecule has 5 nitrogen and oxygen atoms in total. The van der Waals surface area contributed by atoms with Crippen LogP contribution >= 0.6 is 0 Å². The molecule has 1 heterocycles. The first-order valence-electron chi connectivity index (χ1n) is 8.18. The summed E-state index contributed by atoms with van der Waals surface area (Å²) in [5, 5.41) is 10.1. The van der Waals surface area contributed by atoms with Crippen molar-refractivity contribution in [3.8, 4) is 0 Å². The third kappa shape index (κ3) is 3.40. The minimum absolute atomic E-state index is 0.0776. The molecule has 2 rings (SSSR count). The van der Waals surface area contributed by atoms with Gasteiger partial charge >= 0.3 is 5.97 Å². The Kier molecular flexibility index (Phi) is 4.80. The zero-order chi connectivity index (χ0) is 16.8. The number of ether oxygens (including phenoxy) is 2. The van der Waals surface area contributed by atoms with E-state index in [4.69, 9.17) is 13.9 Å². The minimum Gasteiger partial charge on any atom is -0.460 e. The Labute approximate surface area is 134 Å². The van der Waals surface area contributed by atoms with E-state index >= 15 is 0 Å². The summed E-state index contributed by atoms with van der Waals surface area (Å²) < 4.78 is 17.9. The summed E-state index contributed by atoms with van der Waals surface area (Å²) in [5.41, 5.74) is -0.527. The first-order valence-corrected chi connectivity index (χ1v) is 11.1. The molecule has 0 aromatic rings. The lowest BCUT2D eigenvalue weighted by atomic mass is 9.80. The smallest absolute Gasteiger partial charge is 0.302 e. The molecule has 1 N–H and O–H groups in total. The monoisotopic (exact) mass is 330 g/mol. The van der Waals surface area contributed by atoms with E-state index in [0.717, 1.165) is 19.3 Å². The highest BCUT2D eigenvalue weighted by Crippen LogP contribution is 2.49. The van der Waals surface area contributed by atoms with Crippen molar-refractivity contribution < 1.29 is 23.8 Å². The van der Waals surface area contributed by atoms with Gasteiger partial charge < -0.3 is 19.0 Å². The van der Waals surface area contributed by atoms with Crippen molar-refractivity contribution in [3.05, 3.63) is 0 Å². The van der Waals surface area contributed by atoms with Crippen molar-refractivity contribution in [1.82, 2.24) is 0 Å². The highest BCUT2D eigenvalue weighted by Gasteiger charge is 2.58. The first-order chi connectivity index (χ1) is 9.97. The number of rotatable bonds is 3. The van der Waals surface area contributed by atoms with Gasteiger partial charge in [-0.1, -0.05) is 20.8 Å². The maximum atomic E-state index is 11.4. The molecule has 1 unspecified atom stereocenters. The number of esters is 1. The molecule has 4 atom stereocenters. The van der Waals surface area contributed by atoms with Gasteiger partial charge in [0.05, 0.1) is 5.60 Å². The Morgan fingerprint density at radius 3 is 2.55 bits per heavy atom. The zero-order valence-electron chi connectivity index (χ0n) is 14.6. The molecule has 0 amide bonds. The fraction of sp³-hybridized carbons (Fsp3) is 0.938. The molecule has 0 radical (unpaired) electrons. The van der Waals surface area contributed by atoms with Gasteiger partial charge in [-0.05, 0) is 37.4 Å². The largest absolute Gasteiger partial charge is 0.460 e. The number of carbonyl (C=O) groups excluding carboxylic acids is 1. The van der Waals surface area contributed by atoms with Crippen molar-refractivity contribution in [1.29, 1.82) is 0 Å². The number of aliphatic hydroxyl groups excluding tert-OH is 1. The number of fused-ring (bicyclic) bond motifs is 1. The maximum absolute atomic E-state index is 11.4. The second kappa shape index (κ2) is 5.89. The van der Waals surface area contributed by atoms with Gasteiger partial charge in [0.2, 0.25) is 0 Å².